The second kappa shape index (κ2) is 10.2. The average molecular weight is 397 g/mol. The zero-order valence-electron chi connectivity index (χ0n) is 16.9. The first-order valence-electron chi connectivity index (χ1n) is 10.1. The van der Waals surface area contributed by atoms with Crippen LogP contribution in [0.2, 0.25) is 0 Å². The molecule has 3 aromatic rings. The van der Waals surface area contributed by atoms with Gasteiger partial charge >= 0.3 is 0 Å². The highest BCUT2D eigenvalue weighted by atomic mass is 19.1. The Balaban J connectivity index is 1.69. The molecule has 0 aromatic heterocycles. The number of hydrogen-bond acceptors (Lipinski definition) is 1. The van der Waals surface area contributed by atoms with Gasteiger partial charge in [0.05, 0.1) is 12.6 Å². The minimum atomic E-state index is -0.237. The van der Waals surface area contributed by atoms with Crippen molar-refractivity contribution in [1.82, 2.24) is 0 Å². The van der Waals surface area contributed by atoms with Gasteiger partial charge < -0.3 is 10.1 Å². The highest BCUT2D eigenvalue weighted by molar-refractivity contribution is 5.36. The van der Waals surface area contributed by atoms with Crippen LogP contribution in [0, 0.1) is 11.6 Å². The van der Waals surface area contributed by atoms with Crippen molar-refractivity contribution in [3.63, 3.8) is 0 Å². The van der Waals surface area contributed by atoms with E-state index in [1.54, 1.807) is 6.07 Å². The summed E-state index contributed by atoms with van der Waals surface area (Å²) in [6.45, 7) is 5.44. The summed E-state index contributed by atoms with van der Waals surface area (Å²) in [5, 5.41) is 2.12. The molecule has 0 radical (unpaired) electrons. The van der Waals surface area contributed by atoms with Crippen LogP contribution >= 0.6 is 0 Å². The van der Waals surface area contributed by atoms with Crippen LogP contribution in [0.25, 0.3) is 0 Å². The quantitative estimate of drug-likeness (QED) is 0.504. The van der Waals surface area contributed by atoms with Crippen molar-refractivity contribution in [1.29, 1.82) is 0 Å². The summed E-state index contributed by atoms with van der Waals surface area (Å²) >= 11 is 0. The number of quaternary nitrogens is 1. The minimum absolute atomic E-state index is 0.127. The smallest absolute Gasteiger partial charge is 0.132 e. The van der Waals surface area contributed by atoms with Crippen molar-refractivity contribution >= 4 is 0 Å². The molecule has 0 saturated carbocycles. The van der Waals surface area contributed by atoms with Crippen molar-refractivity contribution < 1.29 is 18.8 Å². The van der Waals surface area contributed by atoms with E-state index in [-0.39, 0.29) is 23.7 Å². The highest BCUT2D eigenvalue weighted by Gasteiger charge is 2.16. The fourth-order valence-corrected chi connectivity index (χ4v) is 3.48. The van der Waals surface area contributed by atoms with Crippen molar-refractivity contribution in [3.05, 3.63) is 101 Å². The molecule has 4 heteroatoms. The number of hydrogen-bond donors (Lipinski definition) is 1. The molecule has 2 N–H and O–H groups in total. The Morgan fingerprint density at radius 3 is 2.07 bits per heavy atom. The summed E-state index contributed by atoms with van der Waals surface area (Å²) in [6.07, 6.45) is 0.992. The van der Waals surface area contributed by atoms with E-state index in [4.69, 9.17) is 4.74 Å². The van der Waals surface area contributed by atoms with Gasteiger partial charge in [-0.25, -0.2) is 8.78 Å². The third-order valence-corrected chi connectivity index (χ3v) is 4.91. The SMILES string of the molecule is CC(C)Oc1ccc([C@@H](CC[NH2+]Cc2ccccc2F)c2ccc(F)cc2)cc1. The average Bonchev–Trinajstić information content (AvgIpc) is 2.71. The van der Waals surface area contributed by atoms with Crippen LogP contribution in [0.4, 0.5) is 8.78 Å². The summed E-state index contributed by atoms with van der Waals surface area (Å²) in [7, 11) is 0. The second-order valence-corrected chi connectivity index (χ2v) is 7.50. The van der Waals surface area contributed by atoms with E-state index < -0.39 is 0 Å². The Bertz CT molecular complexity index is 891. The summed E-state index contributed by atoms with van der Waals surface area (Å²) in [5.41, 5.74) is 2.94. The van der Waals surface area contributed by atoms with Gasteiger partial charge in [-0.3, -0.25) is 0 Å². The maximum Gasteiger partial charge on any atom is 0.132 e. The number of nitrogens with two attached hydrogens (primary N) is 1. The first kappa shape index (κ1) is 21.0. The van der Waals surface area contributed by atoms with Gasteiger partial charge in [-0.1, -0.05) is 42.5 Å². The Morgan fingerprint density at radius 2 is 1.45 bits per heavy atom. The van der Waals surface area contributed by atoms with Crippen molar-refractivity contribution in [3.8, 4) is 5.75 Å². The molecule has 0 unspecified atom stereocenters. The maximum atomic E-state index is 13.8. The van der Waals surface area contributed by atoms with E-state index >= 15 is 0 Å². The summed E-state index contributed by atoms with van der Waals surface area (Å²) in [6, 6.07) is 21.7. The fraction of sp³-hybridized carbons (Fsp3) is 0.280. The Labute approximate surface area is 171 Å². The lowest BCUT2D eigenvalue weighted by molar-refractivity contribution is -0.671. The van der Waals surface area contributed by atoms with Gasteiger partial charge in [0.15, 0.2) is 0 Å². The number of benzene rings is 3. The topological polar surface area (TPSA) is 25.8 Å². The van der Waals surface area contributed by atoms with Crippen LogP contribution in [0.5, 0.6) is 5.75 Å². The second-order valence-electron chi connectivity index (χ2n) is 7.50. The molecule has 29 heavy (non-hydrogen) atoms. The molecule has 3 aromatic carbocycles. The Morgan fingerprint density at radius 1 is 0.828 bits per heavy atom. The molecule has 0 heterocycles. The van der Waals surface area contributed by atoms with E-state index in [0.29, 0.717) is 12.1 Å². The lowest BCUT2D eigenvalue weighted by Crippen LogP contribution is -2.82. The van der Waals surface area contributed by atoms with Crippen molar-refractivity contribution in [2.24, 2.45) is 0 Å². The molecule has 1 atom stereocenters. The molecule has 0 aliphatic heterocycles. The van der Waals surface area contributed by atoms with Gasteiger partial charge in [0, 0.05) is 17.9 Å². The molecule has 0 saturated heterocycles. The van der Waals surface area contributed by atoms with Gasteiger partial charge in [-0.05, 0) is 55.3 Å². The van der Waals surface area contributed by atoms with Crippen LogP contribution in [-0.2, 0) is 6.54 Å². The van der Waals surface area contributed by atoms with Crippen LogP contribution in [0.3, 0.4) is 0 Å². The number of halogens is 2. The highest BCUT2D eigenvalue weighted by Crippen LogP contribution is 2.29. The number of rotatable bonds is 9. The largest absolute Gasteiger partial charge is 0.491 e. The van der Waals surface area contributed by atoms with E-state index in [0.717, 1.165) is 29.8 Å². The third kappa shape index (κ3) is 6.13. The van der Waals surface area contributed by atoms with Gasteiger partial charge in [0.25, 0.3) is 0 Å². The zero-order chi connectivity index (χ0) is 20.6. The van der Waals surface area contributed by atoms with Crippen LogP contribution in [-0.4, -0.2) is 12.6 Å². The number of ether oxygens (including phenoxy) is 1. The zero-order valence-corrected chi connectivity index (χ0v) is 16.9. The first-order valence-corrected chi connectivity index (χ1v) is 10.1. The molecular weight excluding hydrogens is 368 g/mol. The van der Waals surface area contributed by atoms with Crippen LogP contribution in [0.1, 0.15) is 42.9 Å². The van der Waals surface area contributed by atoms with Crippen molar-refractivity contribution in [2.75, 3.05) is 6.54 Å². The molecule has 2 nitrogen and oxygen atoms in total. The van der Waals surface area contributed by atoms with Gasteiger partial charge in [0.1, 0.15) is 23.9 Å². The molecule has 0 aliphatic carbocycles. The maximum absolute atomic E-state index is 13.8. The molecule has 0 amide bonds. The molecule has 0 bridgehead atoms. The van der Waals surface area contributed by atoms with E-state index in [1.165, 1.54) is 18.2 Å². The monoisotopic (exact) mass is 396 g/mol. The summed E-state index contributed by atoms with van der Waals surface area (Å²) in [4.78, 5) is 0. The van der Waals surface area contributed by atoms with Gasteiger partial charge in [-0.15, -0.1) is 0 Å². The van der Waals surface area contributed by atoms with E-state index in [1.807, 2.05) is 50.2 Å². The predicted molar refractivity (Wildman–Crippen MR) is 112 cm³/mol. The Hall–Kier alpha value is -2.72. The molecular formula is C25H28F2NO+. The van der Waals surface area contributed by atoms with Gasteiger partial charge in [0.2, 0.25) is 0 Å². The molecule has 3 rings (SSSR count). The molecule has 0 fully saturated rings. The standard InChI is InChI=1S/C25H27F2NO/c1-18(2)29-23-13-9-20(10-14-23)24(19-7-11-22(26)12-8-19)15-16-28-17-21-5-3-4-6-25(21)27/h3-14,18,24,28H,15-17H2,1-2H3/p+1/t24-/m0/s1. The lowest BCUT2D eigenvalue weighted by Gasteiger charge is -2.18. The Kier molecular flexibility index (Phi) is 7.36. The summed E-state index contributed by atoms with van der Waals surface area (Å²) < 4.78 is 32.9. The molecule has 0 aliphatic rings. The molecule has 152 valence electrons. The first-order chi connectivity index (χ1) is 14.0. The van der Waals surface area contributed by atoms with Gasteiger partial charge in [-0.2, -0.15) is 0 Å². The predicted octanol–water partition coefficient (Wildman–Crippen LogP) is 5.04. The third-order valence-electron chi connectivity index (χ3n) is 4.91. The summed E-state index contributed by atoms with van der Waals surface area (Å²) in [5.74, 6) is 0.576. The van der Waals surface area contributed by atoms with Crippen molar-refractivity contribution in [2.45, 2.75) is 38.8 Å². The fourth-order valence-electron chi connectivity index (χ4n) is 3.48. The van der Waals surface area contributed by atoms with E-state index in [2.05, 4.69) is 17.4 Å². The van der Waals surface area contributed by atoms with Crippen LogP contribution in [0.15, 0.2) is 72.8 Å². The van der Waals surface area contributed by atoms with E-state index in [9.17, 15) is 8.78 Å². The van der Waals surface area contributed by atoms with Crippen LogP contribution < -0.4 is 10.1 Å². The minimum Gasteiger partial charge on any atom is -0.491 e. The normalized spacial score (nSPS) is 12.2. The molecule has 0 spiro atoms. The lowest BCUT2D eigenvalue weighted by atomic mass is 9.88.